The molecule has 22 heavy (non-hydrogen) atoms. The van der Waals surface area contributed by atoms with Crippen LogP contribution in [0, 0.1) is 5.92 Å². The Labute approximate surface area is 130 Å². The van der Waals surface area contributed by atoms with Gasteiger partial charge in [0, 0.05) is 31.9 Å². The molecule has 0 bridgehead atoms. The predicted octanol–water partition coefficient (Wildman–Crippen LogP) is 1.60. The first-order chi connectivity index (χ1) is 10.6. The molecule has 0 saturated heterocycles. The van der Waals surface area contributed by atoms with Crippen LogP contribution in [-0.2, 0) is 17.8 Å². The number of hydrogen-bond donors (Lipinski definition) is 1. The number of carbonyl (C=O) groups is 1. The van der Waals surface area contributed by atoms with Crippen LogP contribution in [0.1, 0.15) is 23.9 Å². The summed E-state index contributed by atoms with van der Waals surface area (Å²) in [5.74, 6) is 1.37. The van der Waals surface area contributed by atoms with E-state index in [-0.39, 0.29) is 11.9 Å². The summed E-state index contributed by atoms with van der Waals surface area (Å²) in [6.45, 7) is 1.81. The van der Waals surface area contributed by atoms with E-state index in [2.05, 4.69) is 14.5 Å². The average molecular weight is 298 g/mol. The third-order valence-corrected chi connectivity index (χ3v) is 4.40. The van der Waals surface area contributed by atoms with Crippen LogP contribution in [0.25, 0.3) is 0 Å². The summed E-state index contributed by atoms with van der Waals surface area (Å²) in [6.07, 6.45) is 5.99. The number of aromatic nitrogens is 2. The molecule has 2 aromatic rings. The second kappa shape index (κ2) is 6.32. The van der Waals surface area contributed by atoms with Crippen LogP contribution in [0.15, 0.2) is 42.7 Å². The summed E-state index contributed by atoms with van der Waals surface area (Å²) in [5.41, 5.74) is 6.59. The molecule has 0 unspecified atom stereocenters. The molecule has 5 nitrogen and oxygen atoms in total. The monoisotopic (exact) mass is 298 g/mol. The lowest BCUT2D eigenvalue weighted by molar-refractivity contribution is -0.123. The first-order valence-corrected chi connectivity index (χ1v) is 7.69. The zero-order valence-corrected chi connectivity index (χ0v) is 12.9. The molecule has 1 aromatic heterocycles. The van der Waals surface area contributed by atoms with Gasteiger partial charge in [-0.05, 0) is 24.9 Å². The third kappa shape index (κ3) is 3.04. The van der Waals surface area contributed by atoms with Crippen LogP contribution in [-0.4, -0.2) is 34.0 Å². The number of nitrogens with zero attached hydrogens (tertiary/aromatic N) is 3. The highest BCUT2D eigenvalue weighted by molar-refractivity contribution is 5.81. The molecule has 0 saturated carbocycles. The molecule has 1 aliphatic heterocycles. The van der Waals surface area contributed by atoms with Gasteiger partial charge in [0.1, 0.15) is 11.9 Å². The van der Waals surface area contributed by atoms with Gasteiger partial charge in [-0.15, -0.1) is 0 Å². The standard InChI is InChI=1S/C17H22N4O/c1-20(16(17(18)22)14-5-3-2-4-6-14)11-13-7-8-15-19-9-10-21(15)12-13/h2-6,9-10,13,16H,7-8,11-12H2,1H3,(H2,18,22)/t13-,16+/m0/s1. The molecule has 0 spiro atoms. The maximum Gasteiger partial charge on any atom is 0.239 e. The maximum atomic E-state index is 11.9. The van der Waals surface area contributed by atoms with Crippen LogP contribution < -0.4 is 5.73 Å². The van der Waals surface area contributed by atoms with E-state index in [0.717, 1.165) is 37.3 Å². The minimum atomic E-state index is -0.370. The number of hydrogen-bond acceptors (Lipinski definition) is 3. The Morgan fingerprint density at radius 1 is 1.45 bits per heavy atom. The zero-order chi connectivity index (χ0) is 15.5. The first kappa shape index (κ1) is 14.8. The molecule has 1 amide bonds. The lowest BCUT2D eigenvalue weighted by atomic mass is 9.97. The van der Waals surface area contributed by atoms with E-state index in [1.54, 1.807) is 0 Å². The minimum Gasteiger partial charge on any atom is -0.368 e. The molecule has 0 radical (unpaired) electrons. The molecule has 0 aliphatic carbocycles. The SMILES string of the molecule is CN(C[C@@H]1CCc2nccn2C1)[C@@H](C(N)=O)c1ccccc1. The Kier molecular flexibility index (Phi) is 4.24. The number of imidazole rings is 1. The fourth-order valence-electron chi connectivity index (χ4n) is 3.37. The quantitative estimate of drug-likeness (QED) is 0.912. The van der Waals surface area contributed by atoms with Crippen LogP contribution in [0.5, 0.6) is 0 Å². The number of benzene rings is 1. The normalized spacial score (nSPS) is 18.9. The molecular formula is C17H22N4O. The van der Waals surface area contributed by atoms with Gasteiger partial charge < -0.3 is 10.3 Å². The number of rotatable bonds is 5. The molecule has 5 heteroatoms. The molecule has 1 aromatic carbocycles. The van der Waals surface area contributed by atoms with Crippen molar-refractivity contribution >= 4 is 5.91 Å². The Hall–Kier alpha value is -2.14. The number of aryl methyl sites for hydroxylation is 1. The van der Waals surface area contributed by atoms with Gasteiger partial charge in [0.25, 0.3) is 0 Å². The summed E-state index contributed by atoms with van der Waals surface area (Å²) in [6, 6.07) is 9.38. The summed E-state index contributed by atoms with van der Waals surface area (Å²) in [5, 5.41) is 0. The smallest absolute Gasteiger partial charge is 0.239 e. The second-order valence-electron chi connectivity index (χ2n) is 6.06. The van der Waals surface area contributed by atoms with Crippen LogP contribution in [0.2, 0.25) is 0 Å². The highest BCUT2D eigenvalue weighted by atomic mass is 16.1. The Morgan fingerprint density at radius 2 is 2.23 bits per heavy atom. The molecule has 2 heterocycles. The molecule has 2 atom stereocenters. The van der Waals surface area contributed by atoms with Gasteiger partial charge in [-0.1, -0.05) is 30.3 Å². The molecule has 1 aliphatic rings. The van der Waals surface area contributed by atoms with Gasteiger partial charge in [-0.3, -0.25) is 9.69 Å². The number of carbonyl (C=O) groups excluding carboxylic acids is 1. The van der Waals surface area contributed by atoms with Crippen molar-refractivity contribution in [1.29, 1.82) is 0 Å². The van der Waals surface area contributed by atoms with Crippen molar-refractivity contribution in [3.8, 4) is 0 Å². The van der Waals surface area contributed by atoms with Crippen molar-refractivity contribution in [2.45, 2.75) is 25.4 Å². The number of primary amides is 1. The lowest BCUT2D eigenvalue weighted by Gasteiger charge is -2.32. The largest absolute Gasteiger partial charge is 0.368 e. The Morgan fingerprint density at radius 3 is 2.95 bits per heavy atom. The van der Waals surface area contributed by atoms with Crippen molar-refractivity contribution in [3.63, 3.8) is 0 Å². The molecule has 3 rings (SSSR count). The number of fused-ring (bicyclic) bond motifs is 1. The fourth-order valence-corrected chi connectivity index (χ4v) is 3.37. The van der Waals surface area contributed by atoms with Gasteiger partial charge in [0.05, 0.1) is 0 Å². The highest BCUT2D eigenvalue weighted by Crippen LogP contribution is 2.24. The van der Waals surface area contributed by atoms with E-state index < -0.39 is 0 Å². The van der Waals surface area contributed by atoms with Gasteiger partial charge in [0.2, 0.25) is 5.91 Å². The fraction of sp³-hybridized carbons (Fsp3) is 0.412. The molecule has 0 fully saturated rings. The van der Waals surface area contributed by atoms with Crippen molar-refractivity contribution in [3.05, 3.63) is 54.1 Å². The van der Waals surface area contributed by atoms with E-state index in [0.29, 0.717) is 5.92 Å². The Bertz CT molecular complexity index is 637. The Balaban J connectivity index is 1.70. The number of nitrogens with two attached hydrogens (primary N) is 1. The van der Waals surface area contributed by atoms with Crippen LogP contribution >= 0.6 is 0 Å². The van der Waals surface area contributed by atoms with E-state index >= 15 is 0 Å². The summed E-state index contributed by atoms with van der Waals surface area (Å²) >= 11 is 0. The first-order valence-electron chi connectivity index (χ1n) is 7.69. The topological polar surface area (TPSA) is 64.2 Å². The van der Waals surface area contributed by atoms with E-state index in [1.807, 2.05) is 49.8 Å². The summed E-state index contributed by atoms with van der Waals surface area (Å²) in [7, 11) is 1.98. The van der Waals surface area contributed by atoms with E-state index in [9.17, 15) is 4.79 Å². The number of likely N-dealkylation sites (N-methyl/N-ethyl adjacent to an activating group) is 1. The lowest BCUT2D eigenvalue weighted by Crippen LogP contribution is -2.39. The van der Waals surface area contributed by atoms with Crippen molar-refractivity contribution in [2.24, 2.45) is 11.7 Å². The van der Waals surface area contributed by atoms with Crippen LogP contribution in [0.3, 0.4) is 0 Å². The van der Waals surface area contributed by atoms with E-state index in [4.69, 9.17) is 5.73 Å². The molecule has 116 valence electrons. The predicted molar refractivity (Wildman–Crippen MR) is 85.0 cm³/mol. The van der Waals surface area contributed by atoms with Gasteiger partial charge in [0.15, 0.2) is 0 Å². The van der Waals surface area contributed by atoms with Crippen LogP contribution in [0.4, 0.5) is 0 Å². The highest BCUT2D eigenvalue weighted by Gasteiger charge is 2.27. The number of amides is 1. The summed E-state index contributed by atoms with van der Waals surface area (Å²) in [4.78, 5) is 18.3. The third-order valence-electron chi connectivity index (χ3n) is 4.40. The molecular weight excluding hydrogens is 276 g/mol. The van der Waals surface area contributed by atoms with Crippen molar-refractivity contribution in [1.82, 2.24) is 14.5 Å². The van der Waals surface area contributed by atoms with Gasteiger partial charge in [-0.25, -0.2) is 4.98 Å². The van der Waals surface area contributed by atoms with Crippen molar-refractivity contribution < 1.29 is 4.79 Å². The van der Waals surface area contributed by atoms with E-state index in [1.165, 1.54) is 0 Å². The van der Waals surface area contributed by atoms with Gasteiger partial charge >= 0.3 is 0 Å². The summed E-state index contributed by atoms with van der Waals surface area (Å²) < 4.78 is 2.21. The average Bonchev–Trinajstić information content (AvgIpc) is 2.95. The zero-order valence-electron chi connectivity index (χ0n) is 12.9. The second-order valence-corrected chi connectivity index (χ2v) is 6.06. The van der Waals surface area contributed by atoms with Gasteiger partial charge in [-0.2, -0.15) is 0 Å². The minimum absolute atomic E-state index is 0.298. The van der Waals surface area contributed by atoms with Crippen molar-refractivity contribution in [2.75, 3.05) is 13.6 Å². The molecule has 2 N–H and O–H groups in total. The maximum absolute atomic E-state index is 11.9.